The lowest BCUT2D eigenvalue weighted by Gasteiger charge is -2.21. The zero-order valence-electron chi connectivity index (χ0n) is 12.1. The van der Waals surface area contributed by atoms with Crippen LogP contribution in [0, 0.1) is 5.92 Å². The van der Waals surface area contributed by atoms with Gasteiger partial charge in [-0.3, -0.25) is 9.59 Å². The summed E-state index contributed by atoms with van der Waals surface area (Å²) in [6.07, 6.45) is 0. The SMILES string of the molecule is CNC(=O)C(C)CN(C)C(=O)c1cc(OC)ccc1O. The fraction of sp³-hybridized carbons (Fsp3) is 0.429. The maximum Gasteiger partial charge on any atom is 0.257 e. The average Bonchev–Trinajstić information content (AvgIpc) is 2.45. The Balaban J connectivity index is 2.86. The fourth-order valence-electron chi connectivity index (χ4n) is 1.84. The highest BCUT2D eigenvalue weighted by Crippen LogP contribution is 2.24. The number of nitrogens with one attached hydrogen (secondary N) is 1. The first-order valence-corrected chi connectivity index (χ1v) is 6.24. The third-order valence-electron chi connectivity index (χ3n) is 3.02. The van der Waals surface area contributed by atoms with Crippen molar-refractivity contribution in [3.63, 3.8) is 0 Å². The number of methoxy groups -OCH3 is 1. The van der Waals surface area contributed by atoms with Gasteiger partial charge in [-0.1, -0.05) is 6.92 Å². The maximum atomic E-state index is 12.3. The number of rotatable bonds is 5. The van der Waals surface area contributed by atoms with Crippen molar-refractivity contribution in [2.24, 2.45) is 5.92 Å². The van der Waals surface area contributed by atoms with Gasteiger partial charge in [-0.15, -0.1) is 0 Å². The molecule has 2 N–H and O–H groups in total. The van der Waals surface area contributed by atoms with E-state index in [0.717, 1.165) is 0 Å². The van der Waals surface area contributed by atoms with E-state index in [2.05, 4.69) is 5.32 Å². The second kappa shape index (κ2) is 6.79. The smallest absolute Gasteiger partial charge is 0.257 e. The van der Waals surface area contributed by atoms with Gasteiger partial charge >= 0.3 is 0 Å². The molecule has 2 amide bonds. The van der Waals surface area contributed by atoms with Crippen LogP contribution in [-0.4, -0.2) is 49.6 Å². The summed E-state index contributed by atoms with van der Waals surface area (Å²) in [6.45, 7) is 1.99. The second-order valence-electron chi connectivity index (χ2n) is 4.58. The standard InChI is InChI=1S/C14H20N2O4/c1-9(13(18)15-2)8-16(3)14(19)11-7-10(20-4)5-6-12(11)17/h5-7,9,17H,8H2,1-4H3,(H,15,18). The van der Waals surface area contributed by atoms with Gasteiger partial charge in [0.15, 0.2) is 0 Å². The van der Waals surface area contributed by atoms with Crippen molar-refractivity contribution >= 4 is 11.8 Å². The van der Waals surface area contributed by atoms with Crippen LogP contribution in [-0.2, 0) is 4.79 Å². The molecule has 0 spiro atoms. The Bertz CT molecular complexity index is 502. The zero-order valence-corrected chi connectivity index (χ0v) is 12.1. The molecule has 0 saturated carbocycles. The number of hydrogen-bond donors (Lipinski definition) is 2. The lowest BCUT2D eigenvalue weighted by molar-refractivity contribution is -0.124. The number of aromatic hydroxyl groups is 1. The van der Waals surface area contributed by atoms with E-state index in [4.69, 9.17) is 4.74 Å². The van der Waals surface area contributed by atoms with Gasteiger partial charge in [0.05, 0.1) is 18.6 Å². The Morgan fingerprint density at radius 2 is 2.10 bits per heavy atom. The molecule has 20 heavy (non-hydrogen) atoms. The third-order valence-corrected chi connectivity index (χ3v) is 3.02. The summed E-state index contributed by atoms with van der Waals surface area (Å²) in [7, 11) is 4.62. The van der Waals surface area contributed by atoms with Crippen molar-refractivity contribution in [3.8, 4) is 11.5 Å². The van der Waals surface area contributed by atoms with Crippen LogP contribution < -0.4 is 10.1 Å². The molecule has 0 saturated heterocycles. The van der Waals surface area contributed by atoms with E-state index in [1.54, 1.807) is 27.1 Å². The number of phenolic OH excluding ortho intramolecular Hbond substituents is 1. The molecule has 6 nitrogen and oxygen atoms in total. The van der Waals surface area contributed by atoms with E-state index in [1.807, 2.05) is 0 Å². The minimum absolute atomic E-state index is 0.116. The van der Waals surface area contributed by atoms with Gasteiger partial charge in [0, 0.05) is 20.6 Å². The monoisotopic (exact) mass is 280 g/mol. The second-order valence-corrected chi connectivity index (χ2v) is 4.58. The summed E-state index contributed by atoms with van der Waals surface area (Å²) >= 11 is 0. The molecule has 0 aliphatic heterocycles. The molecular weight excluding hydrogens is 260 g/mol. The van der Waals surface area contributed by atoms with Gasteiger partial charge in [0.2, 0.25) is 5.91 Å². The molecule has 110 valence electrons. The first-order chi connectivity index (χ1) is 9.40. The van der Waals surface area contributed by atoms with Crippen LogP contribution >= 0.6 is 0 Å². The third kappa shape index (κ3) is 3.63. The fourth-order valence-corrected chi connectivity index (χ4v) is 1.84. The minimum Gasteiger partial charge on any atom is -0.507 e. The molecular formula is C14H20N2O4. The van der Waals surface area contributed by atoms with Crippen molar-refractivity contribution in [3.05, 3.63) is 23.8 Å². The summed E-state index contributed by atoms with van der Waals surface area (Å²) in [5.74, 6) is -0.465. The summed E-state index contributed by atoms with van der Waals surface area (Å²) < 4.78 is 5.03. The lowest BCUT2D eigenvalue weighted by Crippen LogP contribution is -2.37. The Hall–Kier alpha value is -2.24. The molecule has 6 heteroatoms. The molecule has 0 aliphatic rings. The van der Waals surface area contributed by atoms with E-state index in [-0.39, 0.29) is 35.6 Å². The van der Waals surface area contributed by atoms with Crippen LogP contribution in [0.5, 0.6) is 11.5 Å². The van der Waals surface area contributed by atoms with Gasteiger partial charge in [-0.05, 0) is 18.2 Å². The van der Waals surface area contributed by atoms with Crippen molar-refractivity contribution in [1.82, 2.24) is 10.2 Å². The number of hydrogen-bond acceptors (Lipinski definition) is 4. The first kappa shape index (κ1) is 15.8. The van der Waals surface area contributed by atoms with Crippen molar-refractivity contribution < 1.29 is 19.4 Å². The van der Waals surface area contributed by atoms with E-state index in [0.29, 0.717) is 5.75 Å². The van der Waals surface area contributed by atoms with E-state index in [9.17, 15) is 14.7 Å². The Kier molecular flexibility index (Phi) is 5.37. The number of benzene rings is 1. The van der Waals surface area contributed by atoms with Crippen LogP contribution in [0.15, 0.2) is 18.2 Å². The van der Waals surface area contributed by atoms with E-state index >= 15 is 0 Å². The van der Waals surface area contributed by atoms with E-state index in [1.165, 1.54) is 24.1 Å². The molecule has 0 heterocycles. The van der Waals surface area contributed by atoms with Crippen molar-refractivity contribution in [1.29, 1.82) is 0 Å². The highest BCUT2D eigenvalue weighted by Gasteiger charge is 2.21. The van der Waals surface area contributed by atoms with E-state index < -0.39 is 0 Å². The predicted molar refractivity (Wildman–Crippen MR) is 74.9 cm³/mol. The summed E-state index contributed by atoms with van der Waals surface area (Å²) in [5.41, 5.74) is 0.149. The predicted octanol–water partition coefficient (Wildman–Crippen LogP) is 0.855. The zero-order chi connectivity index (χ0) is 15.3. The molecule has 0 bridgehead atoms. The van der Waals surface area contributed by atoms with Gasteiger partial charge in [-0.25, -0.2) is 0 Å². The summed E-state index contributed by atoms with van der Waals surface area (Å²) in [5, 5.41) is 12.3. The molecule has 0 aliphatic carbocycles. The highest BCUT2D eigenvalue weighted by molar-refractivity contribution is 5.97. The van der Waals surface area contributed by atoms with Crippen molar-refractivity contribution in [2.45, 2.75) is 6.92 Å². The number of carbonyl (C=O) groups is 2. The number of nitrogens with zero attached hydrogens (tertiary/aromatic N) is 1. The average molecular weight is 280 g/mol. The summed E-state index contributed by atoms with van der Waals surface area (Å²) in [4.78, 5) is 25.1. The van der Waals surface area contributed by atoms with Gasteiger partial charge in [-0.2, -0.15) is 0 Å². The number of phenols is 1. The van der Waals surface area contributed by atoms with Crippen LogP contribution in [0.2, 0.25) is 0 Å². The minimum atomic E-state index is -0.364. The quantitative estimate of drug-likeness (QED) is 0.838. The molecule has 1 aromatic rings. The number of carbonyl (C=O) groups excluding carboxylic acids is 2. The van der Waals surface area contributed by atoms with Crippen LogP contribution in [0.1, 0.15) is 17.3 Å². The largest absolute Gasteiger partial charge is 0.507 e. The molecule has 0 fully saturated rings. The molecule has 1 aromatic carbocycles. The number of ether oxygens (including phenoxy) is 1. The molecule has 1 rings (SSSR count). The van der Waals surface area contributed by atoms with Crippen LogP contribution in [0.25, 0.3) is 0 Å². The van der Waals surface area contributed by atoms with Gasteiger partial charge in [0.1, 0.15) is 11.5 Å². The molecule has 1 atom stereocenters. The van der Waals surface area contributed by atoms with Crippen molar-refractivity contribution in [2.75, 3.05) is 27.7 Å². The Morgan fingerprint density at radius 1 is 1.45 bits per heavy atom. The van der Waals surface area contributed by atoms with Crippen LogP contribution in [0.4, 0.5) is 0 Å². The number of amides is 2. The van der Waals surface area contributed by atoms with Gasteiger partial charge < -0.3 is 20.1 Å². The normalized spacial score (nSPS) is 11.6. The Labute approximate surface area is 118 Å². The Morgan fingerprint density at radius 3 is 2.65 bits per heavy atom. The van der Waals surface area contributed by atoms with Gasteiger partial charge in [0.25, 0.3) is 5.91 Å². The maximum absolute atomic E-state index is 12.3. The first-order valence-electron chi connectivity index (χ1n) is 6.24. The topological polar surface area (TPSA) is 78.9 Å². The summed E-state index contributed by atoms with van der Waals surface area (Å²) in [6, 6.07) is 4.44. The highest BCUT2D eigenvalue weighted by atomic mass is 16.5. The molecule has 1 unspecified atom stereocenters. The van der Waals surface area contributed by atoms with Crippen LogP contribution in [0.3, 0.4) is 0 Å². The molecule has 0 aromatic heterocycles. The molecule has 0 radical (unpaired) electrons. The lowest BCUT2D eigenvalue weighted by atomic mass is 10.1.